The molecule has 1 aliphatic heterocycles. The summed E-state index contributed by atoms with van der Waals surface area (Å²) in [5.74, 6) is 0.213. The second kappa shape index (κ2) is 6.92. The van der Waals surface area contributed by atoms with E-state index in [0.29, 0.717) is 23.7 Å². The Morgan fingerprint density at radius 2 is 2.13 bits per heavy atom. The minimum atomic E-state index is -0.357. The zero-order chi connectivity index (χ0) is 16.2. The molecule has 1 aromatic heterocycles. The summed E-state index contributed by atoms with van der Waals surface area (Å²) in [7, 11) is 0. The molecule has 0 amide bonds. The van der Waals surface area contributed by atoms with Crippen molar-refractivity contribution in [3.8, 4) is 6.07 Å². The molecule has 2 aromatic rings. The van der Waals surface area contributed by atoms with Crippen LogP contribution < -0.4 is 10.2 Å². The number of halogens is 2. The number of aromatic nitrogens is 2. The number of benzene rings is 1. The van der Waals surface area contributed by atoms with Gasteiger partial charge in [-0.25, -0.2) is 14.4 Å². The summed E-state index contributed by atoms with van der Waals surface area (Å²) < 4.78 is 15.0. The van der Waals surface area contributed by atoms with E-state index in [9.17, 15) is 4.39 Å². The van der Waals surface area contributed by atoms with Crippen LogP contribution in [-0.4, -0.2) is 29.1 Å². The third-order valence-corrected chi connectivity index (χ3v) is 4.20. The Bertz CT molecular complexity index is 728. The minimum absolute atomic E-state index is 0.153. The number of nitrogens with zero attached hydrogens (tertiary/aromatic N) is 4. The molecule has 23 heavy (non-hydrogen) atoms. The van der Waals surface area contributed by atoms with E-state index in [1.165, 1.54) is 6.07 Å². The summed E-state index contributed by atoms with van der Waals surface area (Å²) in [6.45, 7) is 1.46. The fourth-order valence-electron chi connectivity index (χ4n) is 2.72. The summed E-state index contributed by atoms with van der Waals surface area (Å²) in [5.41, 5.74) is 0.869. The Morgan fingerprint density at radius 1 is 1.35 bits per heavy atom. The minimum Gasteiger partial charge on any atom is -0.367 e. The van der Waals surface area contributed by atoms with E-state index in [1.807, 2.05) is 11.0 Å². The van der Waals surface area contributed by atoms with E-state index >= 15 is 0 Å². The molecule has 1 saturated heterocycles. The standard InChI is InChI=1S/C16H15BrFN5/c17-12-8-20-16(21-9-12)22-13-2-1-5-23(10-13)15-4-3-11(7-19)6-14(15)18/h3-4,6,8-9,13H,1-2,5,10H2,(H,20,21,22). The number of anilines is 2. The summed E-state index contributed by atoms with van der Waals surface area (Å²) in [6.07, 6.45) is 5.31. The molecule has 1 aromatic carbocycles. The molecule has 0 spiro atoms. The van der Waals surface area contributed by atoms with Gasteiger partial charge in [-0.2, -0.15) is 5.26 Å². The molecule has 0 radical (unpaired) electrons. The highest BCUT2D eigenvalue weighted by Crippen LogP contribution is 2.25. The van der Waals surface area contributed by atoms with Crippen molar-refractivity contribution >= 4 is 27.6 Å². The van der Waals surface area contributed by atoms with Gasteiger partial charge in [-0.15, -0.1) is 0 Å². The van der Waals surface area contributed by atoms with Crippen LogP contribution in [0.1, 0.15) is 18.4 Å². The van der Waals surface area contributed by atoms with Gasteiger partial charge in [0.15, 0.2) is 0 Å². The van der Waals surface area contributed by atoms with Crippen LogP contribution in [-0.2, 0) is 0 Å². The quantitative estimate of drug-likeness (QED) is 0.890. The molecule has 2 heterocycles. The fourth-order valence-corrected chi connectivity index (χ4v) is 2.92. The SMILES string of the molecule is N#Cc1ccc(N2CCCC(Nc3ncc(Br)cn3)C2)c(F)c1. The molecule has 1 atom stereocenters. The first kappa shape index (κ1) is 15.7. The normalized spacial score (nSPS) is 17.6. The molecular formula is C16H15BrFN5. The topological polar surface area (TPSA) is 64.8 Å². The van der Waals surface area contributed by atoms with Crippen LogP contribution in [0.15, 0.2) is 35.1 Å². The number of hydrogen-bond donors (Lipinski definition) is 1. The predicted molar refractivity (Wildman–Crippen MR) is 89.7 cm³/mol. The van der Waals surface area contributed by atoms with Gasteiger partial charge in [-0.1, -0.05) is 0 Å². The molecule has 1 fully saturated rings. The summed E-state index contributed by atoms with van der Waals surface area (Å²) in [5, 5.41) is 12.1. The Hall–Kier alpha value is -2.20. The van der Waals surface area contributed by atoms with Crippen LogP contribution >= 0.6 is 15.9 Å². The number of nitrogens with one attached hydrogen (secondary N) is 1. The molecule has 5 nitrogen and oxygen atoms in total. The maximum Gasteiger partial charge on any atom is 0.222 e. The van der Waals surface area contributed by atoms with E-state index < -0.39 is 0 Å². The first-order chi connectivity index (χ1) is 11.2. The summed E-state index contributed by atoms with van der Waals surface area (Å²) in [4.78, 5) is 10.4. The van der Waals surface area contributed by atoms with Crippen LogP contribution in [0.5, 0.6) is 0 Å². The first-order valence-electron chi connectivity index (χ1n) is 7.34. The van der Waals surface area contributed by atoms with Gasteiger partial charge in [0, 0.05) is 31.5 Å². The largest absolute Gasteiger partial charge is 0.367 e. The van der Waals surface area contributed by atoms with Crippen molar-refractivity contribution in [3.05, 3.63) is 46.4 Å². The lowest BCUT2D eigenvalue weighted by molar-refractivity contribution is 0.517. The Kier molecular flexibility index (Phi) is 4.72. The molecule has 0 aliphatic carbocycles. The molecule has 118 valence electrons. The molecule has 1 N–H and O–H groups in total. The molecule has 3 rings (SSSR count). The predicted octanol–water partition coefficient (Wildman–Crippen LogP) is 3.33. The van der Waals surface area contributed by atoms with Crippen molar-refractivity contribution in [2.75, 3.05) is 23.3 Å². The van der Waals surface area contributed by atoms with Gasteiger partial charge >= 0.3 is 0 Å². The average Bonchev–Trinajstić information content (AvgIpc) is 2.57. The van der Waals surface area contributed by atoms with Crippen molar-refractivity contribution in [2.45, 2.75) is 18.9 Å². The van der Waals surface area contributed by atoms with E-state index in [1.54, 1.807) is 24.5 Å². The molecule has 0 bridgehead atoms. The third kappa shape index (κ3) is 3.77. The van der Waals surface area contributed by atoms with Gasteiger partial charge in [-0.05, 0) is 47.0 Å². The molecule has 1 aliphatic rings. The Balaban J connectivity index is 1.71. The first-order valence-corrected chi connectivity index (χ1v) is 8.13. The van der Waals surface area contributed by atoms with Crippen molar-refractivity contribution in [2.24, 2.45) is 0 Å². The smallest absolute Gasteiger partial charge is 0.222 e. The van der Waals surface area contributed by atoms with E-state index in [4.69, 9.17) is 5.26 Å². The fraction of sp³-hybridized carbons (Fsp3) is 0.312. The van der Waals surface area contributed by atoms with Gasteiger partial charge in [0.25, 0.3) is 0 Å². The highest BCUT2D eigenvalue weighted by molar-refractivity contribution is 9.10. The van der Waals surface area contributed by atoms with Gasteiger partial charge in [0.1, 0.15) is 5.82 Å². The zero-order valence-electron chi connectivity index (χ0n) is 12.3. The highest BCUT2D eigenvalue weighted by Gasteiger charge is 2.22. The maximum atomic E-state index is 14.2. The Morgan fingerprint density at radius 3 is 2.83 bits per heavy atom. The van der Waals surface area contributed by atoms with Crippen LogP contribution in [0, 0.1) is 17.1 Å². The molecular weight excluding hydrogens is 361 g/mol. The van der Waals surface area contributed by atoms with Crippen molar-refractivity contribution in [1.82, 2.24) is 9.97 Å². The second-order valence-corrected chi connectivity index (χ2v) is 6.35. The van der Waals surface area contributed by atoms with Crippen LogP contribution in [0.25, 0.3) is 0 Å². The van der Waals surface area contributed by atoms with Gasteiger partial charge in [0.05, 0.1) is 21.8 Å². The van der Waals surface area contributed by atoms with Crippen LogP contribution in [0.3, 0.4) is 0 Å². The lowest BCUT2D eigenvalue weighted by Crippen LogP contribution is -2.42. The second-order valence-electron chi connectivity index (χ2n) is 5.43. The maximum absolute atomic E-state index is 14.2. The summed E-state index contributed by atoms with van der Waals surface area (Å²) >= 11 is 3.30. The van der Waals surface area contributed by atoms with E-state index in [2.05, 4.69) is 31.2 Å². The highest BCUT2D eigenvalue weighted by atomic mass is 79.9. The third-order valence-electron chi connectivity index (χ3n) is 3.79. The Labute approximate surface area is 142 Å². The monoisotopic (exact) mass is 375 g/mol. The number of nitriles is 1. The number of hydrogen-bond acceptors (Lipinski definition) is 5. The van der Waals surface area contributed by atoms with Crippen LogP contribution in [0.4, 0.5) is 16.0 Å². The van der Waals surface area contributed by atoms with Gasteiger partial charge in [0.2, 0.25) is 5.95 Å². The van der Waals surface area contributed by atoms with Crippen molar-refractivity contribution in [1.29, 1.82) is 5.26 Å². The van der Waals surface area contributed by atoms with Crippen LogP contribution in [0.2, 0.25) is 0 Å². The van der Waals surface area contributed by atoms with E-state index in [-0.39, 0.29) is 11.9 Å². The van der Waals surface area contributed by atoms with Crippen molar-refractivity contribution < 1.29 is 4.39 Å². The average molecular weight is 376 g/mol. The summed E-state index contributed by atoms with van der Waals surface area (Å²) in [6, 6.07) is 6.71. The zero-order valence-corrected chi connectivity index (χ0v) is 13.9. The van der Waals surface area contributed by atoms with Gasteiger partial charge < -0.3 is 10.2 Å². The number of rotatable bonds is 3. The lowest BCUT2D eigenvalue weighted by Gasteiger charge is -2.35. The molecule has 7 heteroatoms. The van der Waals surface area contributed by atoms with Crippen molar-refractivity contribution in [3.63, 3.8) is 0 Å². The van der Waals surface area contributed by atoms with Gasteiger partial charge in [-0.3, -0.25) is 0 Å². The molecule has 1 unspecified atom stereocenters. The lowest BCUT2D eigenvalue weighted by atomic mass is 10.0. The van der Waals surface area contributed by atoms with E-state index in [0.717, 1.165) is 23.9 Å². The molecule has 0 saturated carbocycles. The number of piperidine rings is 1.